The SMILES string of the molecule is CC[C@@H]1C[C@@]1(N)C(=O)OC. The number of esters is 1. The molecule has 1 fully saturated rings. The van der Waals surface area contributed by atoms with E-state index >= 15 is 0 Å². The van der Waals surface area contributed by atoms with Crippen molar-refractivity contribution in [3.05, 3.63) is 0 Å². The molecule has 2 atom stereocenters. The molecule has 58 valence electrons. The number of hydrogen-bond donors (Lipinski definition) is 1. The van der Waals surface area contributed by atoms with Gasteiger partial charge in [0.05, 0.1) is 7.11 Å². The Bertz CT molecular complexity index is 158. The molecular formula is C7H13NO2. The molecule has 0 heterocycles. The van der Waals surface area contributed by atoms with Crippen LogP contribution in [0.5, 0.6) is 0 Å². The number of carbonyl (C=O) groups excluding carboxylic acids is 1. The van der Waals surface area contributed by atoms with Crippen LogP contribution in [-0.2, 0) is 9.53 Å². The fraction of sp³-hybridized carbons (Fsp3) is 0.857. The van der Waals surface area contributed by atoms with Crippen molar-refractivity contribution in [1.29, 1.82) is 0 Å². The van der Waals surface area contributed by atoms with E-state index in [4.69, 9.17) is 5.73 Å². The minimum Gasteiger partial charge on any atom is -0.468 e. The molecule has 0 aromatic carbocycles. The van der Waals surface area contributed by atoms with Crippen molar-refractivity contribution in [3.63, 3.8) is 0 Å². The lowest BCUT2D eigenvalue weighted by atomic mass is 10.2. The average molecular weight is 143 g/mol. The van der Waals surface area contributed by atoms with Crippen LogP contribution in [0.15, 0.2) is 0 Å². The average Bonchev–Trinajstić information content (AvgIpc) is 2.61. The molecule has 1 saturated carbocycles. The molecular weight excluding hydrogens is 130 g/mol. The lowest BCUT2D eigenvalue weighted by Gasteiger charge is -2.06. The molecule has 0 aromatic heterocycles. The van der Waals surface area contributed by atoms with Crippen LogP contribution >= 0.6 is 0 Å². The van der Waals surface area contributed by atoms with Crippen molar-refractivity contribution < 1.29 is 9.53 Å². The Hall–Kier alpha value is -0.570. The maximum absolute atomic E-state index is 10.9. The highest BCUT2D eigenvalue weighted by Gasteiger charge is 2.56. The van der Waals surface area contributed by atoms with Crippen LogP contribution in [0.1, 0.15) is 19.8 Å². The number of hydrogen-bond acceptors (Lipinski definition) is 3. The van der Waals surface area contributed by atoms with Gasteiger partial charge in [-0.25, -0.2) is 0 Å². The van der Waals surface area contributed by atoms with Gasteiger partial charge < -0.3 is 10.5 Å². The van der Waals surface area contributed by atoms with E-state index in [1.54, 1.807) is 0 Å². The van der Waals surface area contributed by atoms with Gasteiger partial charge >= 0.3 is 5.97 Å². The van der Waals surface area contributed by atoms with E-state index in [0.717, 1.165) is 12.8 Å². The van der Waals surface area contributed by atoms with Gasteiger partial charge in [0.1, 0.15) is 5.54 Å². The fourth-order valence-corrected chi connectivity index (χ4v) is 1.30. The van der Waals surface area contributed by atoms with Gasteiger partial charge in [-0.1, -0.05) is 13.3 Å². The van der Waals surface area contributed by atoms with Gasteiger partial charge in [0.25, 0.3) is 0 Å². The summed E-state index contributed by atoms with van der Waals surface area (Å²) in [5, 5.41) is 0. The first-order chi connectivity index (χ1) is 4.65. The smallest absolute Gasteiger partial charge is 0.326 e. The molecule has 2 N–H and O–H groups in total. The summed E-state index contributed by atoms with van der Waals surface area (Å²) in [4.78, 5) is 10.9. The summed E-state index contributed by atoms with van der Waals surface area (Å²) in [5.41, 5.74) is 5.05. The maximum Gasteiger partial charge on any atom is 0.326 e. The Kier molecular flexibility index (Phi) is 1.68. The highest BCUT2D eigenvalue weighted by atomic mass is 16.5. The van der Waals surface area contributed by atoms with Crippen molar-refractivity contribution in [2.75, 3.05) is 7.11 Å². The summed E-state index contributed by atoms with van der Waals surface area (Å²) in [6, 6.07) is 0. The minimum atomic E-state index is -0.635. The quantitative estimate of drug-likeness (QED) is 0.565. The molecule has 3 heteroatoms. The second kappa shape index (κ2) is 2.23. The Morgan fingerprint density at radius 1 is 1.90 bits per heavy atom. The molecule has 1 aliphatic rings. The zero-order valence-electron chi connectivity index (χ0n) is 6.39. The normalized spacial score (nSPS) is 37.3. The standard InChI is InChI=1S/C7H13NO2/c1-3-5-4-7(5,8)6(9)10-2/h5H,3-4,8H2,1-2H3/t5-,7+/m1/s1. The van der Waals surface area contributed by atoms with E-state index in [1.807, 2.05) is 6.92 Å². The van der Waals surface area contributed by atoms with E-state index in [2.05, 4.69) is 4.74 Å². The van der Waals surface area contributed by atoms with Crippen molar-refractivity contribution in [2.24, 2.45) is 11.7 Å². The predicted octanol–water partition coefficient (Wildman–Crippen LogP) is 0.287. The Balaban J connectivity index is 2.50. The van der Waals surface area contributed by atoms with Gasteiger partial charge in [-0.2, -0.15) is 0 Å². The van der Waals surface area contributed by atoms with E-state index in [1.165, 1.54) is 7.11 Å². The molecule has 1 aliphatic carbocycles. The van der Waals surface area contributed by atoms with Crippen molar-refractivity contribution in [2.45, 2.75) is 25.3 Å². The molecule has 1 rings (SSSR count). The number of nitrogens with two attached hydrogens (primary N) is 1. The van der Waals surface area contributed by atoms with Gasteiger partial charge in [0, 0.05) is 0 Å². The third-order valence-corrected chi connectivity index (χ3v) is 2.21. The highest BCUT2D eigenvalue weighted by molar-refractivity contribution is 5.84. The molecule has 0 unspecified atom stereocenters. The molecule has 0 spiro atoms. The summed E-state index contributed by atoms with van der Waals surface area (Å²) in [5.74, 6) is 0.0827. The molecule has 0 aliphatic heterocycles. The molecule has 10 heavy (non-hydrogen) atoms. The second-order valence-electron chi connectivity index (χ2n) is 2.84. The summed E-state index contributed by atoms with van der Waals surface area (Å²) in [7, 11) is 1.38. The van der Waals surface area contributed by atoms with E-state index in [0.29, 0.717) is 5.92 Å². The van der Waals surface area contributed by atoms with Crippen molar-refractivity contribution in [3.8, 4) is 0 Å². The zero-order valence-corrected chi connectivity index (χ0v) is 6.39. The number of rotatable bonds is 2. The highest BCUT2D eigenvalue weighted by Crippen LogP contribution is 2.43. The van der Waals surface area contributed by atoms with Gasteiger partial charge in [0.15, 0.2) is 0 Å². The topological polar surface area (TPSA) is 52.3 Å². The first-order valence-electron chi connectivity index (χ1n) is 3.52. The second-order valence-corrected chi connectivity index (χ2v) is 2.84. The van der Waals surface area contributed by atoms with Gasteiger partial charge in [-0.15, -0.1) is 0 Å². The summed E-state index contributed by atoms with van der Waals surface area (Å²) < 4.78 is 4.55. The molecule has 0 aromatic rings. The fourth-order valence-electron chi connectivity index (χ4n) is 1.30. The lowest BCUT2D eigenvalue weighted by Crippen LogP contribution is -2.36. The van der Waals surface area contributed by atoms with Gasteiger partial charge in [0.2, 0.25) is 0 Å². The number of methoxy groups -OCH3 is 1. The van der Waals surface area contributed by atoms with Crippen LogP contribution < -0.4 is 5.73 Å². The first kappa shape index (κ1) is 7.54. The lowest BCUT2D eigenvalue weighted by molar-refractivity contribution is -0.143. The number of ether oxygens (including phenoxy) is 1. The van der Waals surface area contributed by atoms with Crippen LogP contribution in [0, 0.1) is 5.92 Å². The van der Waals surface area contributed by atoms with Crippen molar-refractivity contribution in [1.82, 2.24) is 0 Å². The van der Waals surface area contributed by atoms with E-state index in [9.17, 15) is 4.79 Å². The molecule has 0 amide bonds. The third kappa shape index (κ3) is 0.904. The van der Waals surface area contributed by atoms with E-state index < -0.39 is 5.54 Å². The number of carbonyl (C=O) groups is 1. The van der Waals surface area contributed by atoms with Crippen LogP contribution in [0.4, 0.5) is 0 Å². The predicted molar refractivity (Wildman–Crippen MR) is 37.3 cm³/mol. The summed E-state index contributed by atoms with van der Waals surface area (Å²) in [6.07, 6.45) is 1.75. The van der Waals surface area contributed by atoms with Crippen LogP contribution in [0.3, 0.4) is 0 Å². The Morgan fingerprint density at radius 2 is 2.50 bits per heavy atom. The van der Waals surface area contributed by atoms with Gasteiger partial charge in [-0.05, 0) is 12.3 Å². The van der Waals surface area contributed by atoms with Crippen LogP contribution in [0.2, 0.25) is 0 Å². The first-order valence-corrected chi connectivity index (χ1v) is 3.52. The summed E-state index contributed by atoms with van der Waals surface area (Å²) in [6.45, 7) is 2.03. The summed E-state index contributed by atoms with van der Waals surface area (Å²) >= 11 is 0. The third-order valence-electron chi connectivity index (χ3n) is 2.21. The molecule has 0 bridgehead atoms. The largest absolute Gasteiger partial charge is 0.468 e. The molecule has 0 radical (unpaired) electrons. The minimum absolute atomic E-state index is 0.264. The Labute approximate surface area is 60.5 Å². The molecule has 3 nitrogen and oxygen atoms in total. The van der Waals surface area contributed by atoms with Gasteiger partial charge in [-0.3, -0.25) is 4.79 Å². The zero-order chi connectivity index (χ0) is 7.78. The maximum atomic E-state index is 10.9. The Morgan fingerprint density at radius 3 is 2.80 bits per heavy atom. The van der Waals surface area contributed by atoms with Crippen molar-refractivity contribution >= 4 is 5.97 Å². The van der Waals surface area contributed by atoms with E-state index in [-0.39, 0.29) is 5.97 Å². The van der Waals surface area contributed by atoms with Crippen LogP contribution in [-0.4, -0.2) is 18.6 Å². The monoisotopic (exact) mass is 143 g/mol. The molecule has 0 saturated heterocycles. The van der Waals surface area contributed by atoms with Crippen LogP contribution in [0.25, 0.3) is 0 Å².